The minimum absolute atomic E-state index is 0.200. The molecule has 17 heavy (non-hydrogen) atoms. The van der Waals surface area contributed by atoms with Gasteiger partial charge in [-0.15, -0.1) is 11.3 Å². The molecule has 0 aliphatic heterocycles. The van der Waals surface area contributed by atoms with Gasteiger partial charge in [0.25, 0.3) is 0 Å². The Kier molecular flexibility index (Phi) is 2.90. The van der Waals surface area contributed by atoms with Crippen LogP contribution in [0.4, 0.5) is 0 Å². The summed E-state index contributed by atoms with van der Waals surface area (Å²) in [6.45, 7) is 0. The zero-order valence-corrected chi connectivity index (χ0v) is 10.7. The minimum Gasteiger partial charge on any atom is -0.387 e. The molecule has 0 spiro atoms. The summed E-state index contributed by atoms with van der Waals surface area (Å²) >= 11 is 1.74. The van der Waals surface area contributed by atoms with Crippen molar-refractivity contribution in [2.24, 2.45) is 5.92 Å². The average Bonchev–Trinajstić information content (AvgIpc) is 3.07. The summed E-state index contributed by atoms with van der Waals surface area (Å²) in [7, 11) is 1.94. The summed E-state index contributed by atoms with van der Waals surface area (Å²) in [4.78, 5) is 0. The molecule has 2 nitrogen and oxygen atoms in total. The van der Waals surface area contributed by atoms with Gasteiger partial charge in [0, 0.05) is 10.7 Å². The molecule has 2 atom stereocenters. The van der Waals surface area contributed by atoms with Crippen molar-refractivity contribution in [1.82, 2.24) is 5.32 Å². The maximum atomic E-state index is 10.4. The third-order valence-electron chi connectivity index (χ3n) is 3.62. The van der Waals surface area contributed by atoms with Gasteiger partial charge in [-0.1, -0.05) is 6.07 Å². The summed E-state index contributed by atoms with van der Waals surface area (Å²) in [5.41, 5.74) is 1.03. The van der Waals surface area contributed by atoms with E-state index in [1.165, 1.54) is 22.9 Å². The maximum Gasteiger partial charge on any atom is 0.0945 e. The SMILES string of the molecule is CNC(C1CC1)C(O)c1ccc2sccc2c1. The Bertz CT molecular complexity index is 518. The van der Waals surface area contributed by atoms with Crippen molar-refractivity contribution in [2.75, 3.05) is 7.05 Å². The lowest BCUT2D eigenvalue weighted by Crippen LogP contribution is -2.34. The number of hydrogen-bond donors (Lipinski definition) is 2. The molecule has 3 rings (SSSR count). The highest BCUT2D eigenvalue weighted by atomic mass is 32.1. The van der Waals surface area contributed by atoms with E-state index in [1.807, 2.05) is 7.05 Å². The Morgan fingerprint density at radius 2 is 2.18 bits per heavy atom. The van der Waals surface area contributed by atoms with Crippen molar-refractivity contribution >= 4 is 21.4 Å². The van der Waals surface area contributed by atoms with E-state index in [2.05, 4.69) is 35.0 Å². The van der Waals surface area contributed by atoms with E-state index in [0.29, 0.717) is 5.92 Å². The lowest BCUT2D eigenvalue weighted by Gasteiger charge is -2.22. The number of benzene rings is 1. The largest absolute Gasteiger partial charge is 0.387 e. The second-order valence-corrected chi connectivity index (χ2v) is 5.76. The zero-order valence-electron chi connectivity index (χ0n) is 9.89. The molecule has 0 saturated heterocycles. The fraction of sp³-hybridized carbons (Fsp3) is 0.429. The van der Waals surface area contributed by atoms with Crippen LogP contribution in [0.2, 0.25) is 0 Å². The molecule has 2 aromatic rings. The Hall–Kier alpha value is -0.900. The van der Waals surface area contributed by atoms with E-state index >= 15 is 0 Å². The van der Waals surface area contributed by atoms with E-state index in [0.717, 1.165) is 5.56 Å². The Morgan fingerprint density at radius 3 is 2.88 bits per heavy atom. The van der Waals surface area contributed by atoms with Crippen LogP contribution in [0.25, 0.3) is 10.1 Å². The van der Waals surface area contributed by atoms with Crippen molar-refractivity contribution in [3.05, 3.63) is 35.2 Å². The van der Waals surface area contributed by atoms with E-state index < -0.39 is 6.10 Å². The van der Waals surface area contributed by atoms with Crippen molar-refractivity contribution < 1.29 is 5.11 Å². The van der Waals surface area contributed by atoms with Gasteiger partial charge in [0.2, 0.25) is 0 Å². The Morgan fingerprint density at radius 1 is 1.35 bits per heavy atom. The normalized spacial score (nSPS) is 19.4. The number of aliphatic hydroxyl groups is 1. The van der Waals surface area contributed by atoms with Gasteiger partial charge in [-0.05, 0) is 60.3 Å². The number of hydrogen-bond acceptors (Lipinski definition) is 3. The topological polar surface area (TPSA) is 32.3 Å². The number of thiophene rings is 1. The van der Waals surface area contributed by atoms with Crippen LogP contribution in [0.5, 0.6) is 0 Å². The van der Waals surface area contributed by atoms with Gasteiger partial charge in [0.15, 0.2) is 0 Å². The maximum absolute atomic E-state index is 10.4. The van der Waals surface area contributed by atoms with Gasteiger partial charge in [-0.25, -0.2) is 0 Å². The van der Waals surface area contributed by atoms with Crippen molar-refractivity contribution in [3.63, 3.8) is 0 Å². The van der Waals surface area contributed by atoms with Crippen LogP contribution in [-0.4, -0.2) is 18.2 Å². The molecule has 0 bridgehead atoms. The van der Waals surface area contributed by atoms with Crippen LogP contribution < -0.4 is 5.32 Å². The molecular weight excluding hydrogens is 230 g/mol. The molecule has 1 heterocycles. The average molecular weight is 247 g/mol. The zero-order chi connectivity index (χ0) is 11.8. The van der Waals surface area contributed by atoms with Gasteiger partial charge in [-0.3, -0.25) is 0 Å². The first-order valence-electron chi connectivity index (χ1n) is 6.12. The Balaban J connectivity index is 1.90. The van der Waals surface area contributed by atoms with Gasteiger partial charge in [0.1, 0.15) is 0 Å². The number of likely N-dealkylation sites (N-methyl/N-ethyl adjacent to an activating group) is 1. The van der Waals surface area contributed by atoms with E-state index in [-0.39, 0.29) is 6.04 Å². The van der Waals surface area contributed by atoms with Gasteiger partial charge in [0.05, 0.1) is 6.10 Å². The molecule has 90 valence electrons. The molecule has 2 unspecified atom stereocenters. The van der Waals surface area contributed by atoms with E-state index in [9.17, 15) is 5.11 Å². The lowest BCUT2D eigenvalue weighted by molar-refractivity contribution is 0.122. The summed E-state index contributed by atoms with van der Waals surface area (Å²) in [6, 6.07) is 8.59. The highest BCUT2D eigenvalue weighted by Crippen LogP contribution is 2.38. The van der Waals surface area contributed by atoms with E-state index in [4.69, 9.17) is 0 Å². The molecule has 1 aliphatic rings. The molecule has 0 amide bonds. The molecule has 1 fully saturated rings. The van der Waals surface area contributed by atoms with Crippen molar-refractivity contribution in [2.45, 2.75) is 25.0 Å². The number of rotatable bonds is 4. The number of nitrogens with one attached hydrogen (secondary N) is 1. The Labute approximate surface area is 105 Å². The lowest BCUT2D eigenvalue weighted by atomic mass is 9.98. The summed E-state index contributed by atoms with van der Waals surface area (Å²) in [5.74, 6) is 0.646. The molecule has 1 aromatic heterocycles. The van der Waals surface area contributed by atoms with Gasteiger partial charge < -0.3 is 10.4 Å². The number of fused-ring (bicyclic) bond motifs is 1. The minimum atomic E-state index is -0.392. The van der Waals surface area contributed by atoms with E-state index in [1.54, 1.807) is 11.3 Å². The van der Waals surface area contributed by atoms with Gasteiger partial charge >= 0.3 is 0 Å². The summed E-state index contributed by atoms with van der Waals surface area (Å²) in [6.07, 6.45) is 2.09. The van der Waals surface area contributed by atoms with Gasteiger partial charge in [-0.2, -0.15) is 0 Å². The van der Waals surface area contributed by atoms with Crippen LogP contribution in [0, 0.1) is 5.92 Å². The number of aliphatic hydroxyl groups excluding tert-OH is 1. The van der Waals surface area contributed by atoms with Crippen LogP contribution in [0.15, 0.2) is 29.6 Å². The van der Waals surface area contributed by atoms with Crippen molar-refractivity contribution in [3.8, 4) is 0 Å². The monoisotopic (exact) mass is 247 g/mol. The third kappa shape index (κ3) is 2.10. The quantitative estimate of drug-likeness (QED) is 0.870. The second-order valence-electron chi connectivity index (χ2n) is 4.81. The summed E-state index contributed by atoms with van der Waals surface area (Å²) < 4.78 is 1.29. The first-order valence-corrected chi connectivity index (χ1v) is 7.00. The molecule has 1 aliphatic carbocycles. The first-order chi connectivity index (χ1) is 8.29. The van der Waals surface area contributed by atoms with Crippen LogP contribution in [-0.2, 0) is 0 Å². The molecule has 2 N–H and O–H groups in total. The molecule has 1 saturated carbocycles. The summed E-state index contributed by atoms with van der Waals surface area (Å²) in [5, 5.41) is 17.0. The second kappa shape index (κ2) is 4.41. The molecular formula is C14H17NOS. The predicted molar refractivity (Wildman–Crippen MR) is 72.4 cm³/mol. The van der Waals surface area contributed by atoms with Crippen LogP contribution in [0.1, 0.15) is 24.5 Å². The van der Waals surface area contributed by atoms with Crippen LogP contribution >= 0.6 is 11.3 Å². The predicted octanol–water partition coefficient (Wildman–Crippen LogP) is 2.93. The first kappa shape index (κ1) is 11.2. The highest BCUT2D eigenvalue weighted by molar-refractivity contribution is 7.17. The van der Waals surface area contributed by atoms with Crippen LogP contribution in [0.3, 0.4) is 0 Å². The smallest absolute Gasteiger partial charge is 0.0945 e. The molecule has 3 heteroatoms. The third-order valence-corrected chi connectivity index (χ3v) is 4.52. The fourth-order valence-corrected chi connectivity index (χ4v) is 3.25. The highest BCUT2D eigenvalue weighted by Gasteiger charge is 2.35. The van der Waals surface area contributed by atoms with Crippen molar-refractivity contribution in [1.29, 1.82) is 0 Å². The standard InChI is InChI=1S/C14H17NOS/c1-15-13(9-2-3-9)14(16)11-4-5-12-10(8-11)6-7-17-12/h4-9,13-16H,2-3H2,1H3. The molecule has 0 radical (unpaired) electrons. The molecule has 1 aromatic carbocycles. The fourth-order valence-electron chi connectivity index (χ4n) is 2.48.